The van der Waals surface area contributed by atoms with Crippen LogP contribution in [0.3, 0.4) is 0 Å². The van der Waals surface area contributed by atoms with Crippen molar-refractivity contribution in [2.45, 2.75) is 25.4 Å². The van der Waals surface area contributed by atoms with Crippen LogP contribution in [0.2, 0.25) is 0 Å². The summed E-state index contributed by atoms with van der Waals surface area (Å²) in [6.07, 6.45) is 4.40. The molecular weight excluding hydrogens is 212 g/mol. The van der Waals surface area contributed by atoms with Crippen molar-refractivity contribution in [3.05, 3.63) is 24.0 Å². The van der Waals surface area contributed by atoms with E-state index in [2.05, 4.69) is 34.9 Å². The lowest BCUT2D eigenvalue weighted by Gasteiger charge is -2.36. The van der Waals surface area contributed by atoms with Gasteiger partial charge >= 0.3 is 0 Å². The summed E-state index contributed by atoms with van der Waals surface area (Å²) in [7, 11) is 4.33. The smallest absolute Gasteiger partial charge is 0.0552 e. The van der Waals surface area contributed by atoms with E-state index in [9.17, 15) is 0 Å². The van der Waals surface area contributed by atoms with Crippen LogP contribution in [0.15, 0.2) is 18.3 Å². The zero-order valence-electron chi connectivity index (χ0n) is 10.8. The largest absolute Gasteiger partial charge is 0.370 e. The molecule has 0 saturated carbocycles. The Bertz CT molecular complexity index is 339. The average molecular weight is 234 g/mol. The Hall–Kier alpha value is -1.13. The molecule has 0 atom stereocenters. The van der Waals surface area contributed by atoms with Gasteiger partial charge in [-0.15, -0.1) is 0 Å². The molecular formula is C13H22N4. The van der Waals surface area contributed by atoms with Gasteiger partial charge in [-0.05, 0) is 39.1 Å². The average Bonchev–Trinajstić information content (AvgIpc) is 2.39. The molecule has 0 amide bonds. The van der Waals surface area contributed by atoms with Crippen LogP contribution in [0.5, 0.6) is 0 Å². The van der Waals surface area contributed by atoms with Crippen molar-refractivity contribution >= 4 is 5.69 Å². The van der Waals surface area contributed by atoms with E-state index < -0.39 is 0 Å². The van der Waals surface area contributed by atoms with Gasteiger partial charge < -0.3 is 15.5 Å². The number of rotatable bonds is 3. The number of nitrogens with two attached hydrogens (primary N) is 1. The minimum absolute atomic E-state index is 0.517. The Morgan fingerprint density at radius 1 is 1.35 bits per heavy atom. The van der Waals surface area contributed by atoms with Gasteiger partial charge in [0.25, 0.3) is 0 Å². The molecule has 1 aromatic heterocycles. The van der Waals surface area contributed by atoms with Gasteiger partial charge in [0.2, 0.25) is 0 Å². The fourth-order valence-electron chi connectivity index (χ4n) is 2.36. The fourth-order valence-corrected chi connectivity index (χ4v) is 2.36. The molecule has 1 aromatic rings. The third-order valence-corrected chi connectivity index (χ3v) is 3.58. The maximum Gasteiger partial charge on any atom is 0.0552 e. The van der Waals surface area contributed by atoms with Gasteiger partial charge in [0, 0.05) is 25.7 Å². The van der Waals surface area contributed by atoms with Crippen LogP contribution in [-0.4, -0.2) is 43.1 Å². The molecule has 0 radical (unpaired) electrons. The van der Waals surface area contributed by atoms with Crippen LogP contribution < -0.4 is 10.6 Å². The lowest BCUT2D eigenvalue weighted by molar-refractivity contribution is 0.249. The molecule has 0 bridgehead atoms. The Kier molecular flexibility index (Phi) is 3.97. The quantitative estimate of drug-likeness (QED) is 0.850. The number of nitrogens with zero attached hydrogens (tertiary/aromatic N) is 3. The number of piperidine rings is 1. The predicted molar refractivity (Wildman–Crippen MR) is 71.1 cm³/mol. The highest BCUT2D eigenvalue weighted by atomic mass is 15.2. The maximum absolute atomic E-state index is 5.55. The Morgan fingerprint density at radius 2 is 2.06 bits per heavy atom. The van der Waals surface area contributed by atoms with E-state index in [4.69, 9.17) is 5.73 Å². The van der Waals surface area contributed by atoms with E-state index in [1.165, 1.54) is 18.5 Å². The second-order valence-electron chi connectivity index (χ2n) is 4.89. The number of pyridine rings is 1. The summed E-state index contributed by atoms with van der Waals surface area (Å²) in [6, 6.07) is 4.88. The molecule has 2 N–H and O–H groups in total. The lowest BCUT2D eigenvalue weighted by Crippen LogP contribution is -2.42. The van der Waals surface area contributed by atoms with E-state index in [0.717, 1.165) is 24.8 Å². The third-order valence-electron chi connectivity index (χ3n) is 3.58. The summed E-state index contributed by atoms with van der Waals surface area (Å²) in [5.74, 6) is 0. The van der Waals surface area contributed by atoms with Crippen LogP contribution in [-0.2, 0) is 6.54 Å². The van der Waals surface area contributed by atoms with Gasteiger partial charge in [-0.2, -0.15) is 0 Å². The summed E-state index contributed by atoms with van der Waals surface area (Å²) >= 11 is 0. The van der Waals surface area contributed by atoms with E-state index in [1.807, 2.05) is 12.3 Å². The van der Waals surface area contributed by atoms with Crippen LogP contribution in [0.4, 0.5) is 5.69 Å². The Balaban J connectivity index is 1.95. The molecule has 0 spiro atoms. The monoisotopic (exact) mass is 234 g/mol. The Morgan fingerprint density at radius 3 is 2.53 bits per heavy atom. The summed E-state index contributed by atoms with van der Waals surface area (Å²) in [6.45, 7) is 2.75. The van der Waals surface area contributed by atoms with Crippen molar-refractivity contribution in [2.75, 3.05) is 32.1 Å². The van der Waals surface area contributed by atoms with Gasteiger partial charge in [-0.3, -0.25) is 4.98 Å². The maximum atomic E-state index is 5.55. The molecule has 17 heavy (non-hydrogen) atoms. The first-order valence-corrected chi connectivity index (χ1v) is 6.27. The molecule has 4 heteroatoms. The highest BCUT2D eigenvalue weighted by molar-refractivity contribution is 5.45. The van der Waals surface area contributed by atoms with E-state index in [-0.39, 0.29) is 0 Å². The number of anilines is 1. The van der Waals surface area contributed by atoms with E-state index in [0.29, 0.717) is 6.54 Å². The normalized spacial score (nSPS) is 17.8. The molecule has 1 aliphatic heterocycles. The van der Waals surface area contributed by atoms with Gasteiger partial charge in [0.1, 0.15) is 0 Å². The summed E-state index contributed by atoms with van der Waals surface area (Å²) in [5.41, 5.74) is 7.73. The molecule has 2 rings (SSSR count). The predicted octanol–water partition coefficient (Wildman–Crippen LogP) is 1.07. The van der Waals surface area contributed by atoms with Crippen molar-refractivity contribution in [1.29, 1.82) is 0 Å². The fraction of sp³-hybridized carbons (Fsp3) is 0.615. The SMILES string of the molecule is CN(C)C1CCN(c2ccc(CN)nc2)CC1. The van der Waals surface area contributed by atoms with Crippen LogP contribution in [0, 0.1) is 0 Å². The highest BCUT2D eigenvalue weighted by Gasteiger charge is 2.20. The third kappa shape index (κ3) is 2.96. The lowest BCUT2D eigenvalue weighted by atomic mass is 10.0. The van der Waals surface area contributed by atoms with E-state index >= 15 is 0 Å². The second kappa shape index (κ2) is 5.47. The van der Waals surface area contributed by atoms with Crippen molar-refractivity contribution in [2.24, 2.45) is 5.73 Å². The number of hydrogen-bond acceptors (Lipinski definition) is 4. The zero-order chi connectivity index (χ0) is 12.3. The van der Waals surface area contributed by atoms with Crippen molar-refractivity contribution < 1.29 is 0 Å². The topological polar surface area (TPSA) is 45.4 Å². The molecule has 0 unspecified atom stereocenters. The van der Waals surface area contributed by atoms with Crippen molar-refractivity contribution in [3.8, 4) is 0 Å². The molecule has 94 valence electrons. The Labute approximate surface area is 103 Å². The number of aromatic nitrogens is 1. The first-order chi connectivity index (χ1) is 8.20. The standard InChI is InChI=1S/C13H22N4/c1-16(2)12-5-7-17(8-6-12)13-4-3-11(9-14)15-10-13/h3-4,10,12H,5-9,14H2,1-2H3. The van der Waals surface area contributed by atoms with Crippen LogP contribution >= 0.6 is 0 Å². The minimum atomic E-state index is 0.517. The molecule has 2 heterocycles. The first kappa shape index (κ1) is 12.3. The minimum Gasteiger partial charge on any atom is -0.370 e. The van der Waals surface area contributed by atoms with Gasteiger partial charge in [0.15, 0.2) is 0 Å². The van der Waals surface area contributed by atoms with Crippen LogP contribution in [0.1, 0.15) is 18.5 Å². The number of hydrogen-bond donors (Lipinski definition) is 1. The van der Waals surface area contributed by atoms with E-state index in [1.54, 1.807) is 0 Å². The van der Waals surface area contributed by atoms with Gasteiger partial charge in [-0.25, -0.2) is 0 Å². The zero-order valence-corrected chi connectivity index (χ0v) is 10.8. The van der Waals surface area contributed by atoms with Gasteiger partial charge in [-0.1, -0.05) is 0 Å². The van der Waals surface area contributed by atoms with Crippen molar-refractivity contribution in [3.63, 3.8) is 0 Å². The molecule has 0 aromatic carbocycles. The first-order valence-electron chi connectivity index (χ1n) is 6.27. The summed E-state index contributed by atoms with van der Waals surface area (Å²) in [4.78, 5) is 9.09. The summed E-state index contributed by atoms with van der Waals surface area (Å²) in [5, 5.41) is 0. The molecule has 4 nitrogen and oxygen atoms in total. The van der Waals surface area contributed by atoms with Crippen LogP contribution in [0.25, 0.3) is 0 Å². The summed E-state index contributed by atoms with van der Waals surface area (Å²) < 4.78 is 0. The molecule has 1 fully saturated rings. The second-order valence-corrected chi connectivity index (χ2v) is 4.89. The van der Waals surface area contributed by atoms with Gasteiger partial charge in [0.05, 0.1) is 17.6 Å². The molecule has 0 aliphatic carbocycles. The molecule has 1 saturated heterocycles. The molecule has 1 aliphatic rings. The van der Waals surface area contributed by atoms with Crippen molar-refractivity contribution in [1.82, 2.24) is 9.88 Å². The highest BCUT2D eigenvalue weighted by Crippen LogP contribution is 2.20.